The normalized spacial score (nSPS) is 19.8. The molecule has 0 bridgehead atoms. The third-order valence-electron chi connectivity index (χ3n) is 3.56. The Morgan fingerprint density at radius 1 is 1.42 bits per heavy atom. The maximum Gasteiger partial charge on any atom is 0.270 e. The maximum atomic E-state index is 12.4. The highest BCUT2D eigenvalue weighted by Gasteiger charge is 2.24. The summed E-state index contributed by atoms with van der Waals surface area (Å²) in [4.78, 5) is 17.2. The van der Waals surface area contributed by atoms with Gasteiger partial charge in [-0.25, -0.2) is 0 Å². The van der Waals surface area contributed by atoms with Crippen molar-refractivity contribution in [2.24, 2.45) is 0 Å². The number of aliphatic hydroxyl groups is 1. The number of nitrogens with two attached hydrogens (primary N) is 1. The van der Waals surface area contributed by atoms with Gasteiger partial charge in [-0.2, -0.15) is 0 Å². The number of carbonyl (C=O) groups is 1. The SMILES string of the molecule is Nc1ccc2[nH]c(C(=O)N3CCCC(O)C3)cc2c1. The minimum Gasteiger partial charge on any atom is -0.399 e. The molecular weight excluding hydrogens is 242 g/mol. The average Bonchev–Trinajstić information content (AvgIpc) is 2.80. The molecule has 0 saturated carbocycles. The number of hydrogen-bond donors (Lipinski definition) is 3. The number of fused-ring (bicyclic) bond motifs is 1. The van der Waals surface area contributed by atoms with Crippen molar-refractivity contribution >= 4 is 22.5 Å². The molecule has 1 atom stereocenters. The molecule has 5 heteroatoms. The number of piperidine rings is 1. The quantitative estimate of drug-likeness (QED) is 0.676. The van der Waals surface area contributed by atoms with Crippen molar-refractivity contribution in [2.45, 2.75) is 18.9 Å². The van der Waals surface area contributed by atoms with Crippen molar-refractivity contribution in [3.63, 3.8) is 0 Å². The second-order valence-corrected chi connectivity index (χ2v) is 5.08. The molecule has 0 spiro atoms. The molecule has 19 heavy (non-hydrogen) atoms. The van der Waals surface area contributed by atoms with E-state index in [0.29, 0.717) is 24.5 Å². The number of aromatic amines is 1. The van der Waals surface area contributed by atoms with Gasteiger partial charge < -0.3 is 20.7 Å². The van der Waals surface area contributed by atoms with E-state index in [1.807, 2.05) is 18.2 Å². The first-order valence-corrected chi connectivity index (χ1v) is 6.49. The Morgan fingerprint density at radius 2 is 2.26 bits per heavy atom. The van der Waals surface area contributed by atoms with Crippen molar-refractivity contribution in [1.82, 2.24) is 9.88 Å². The number of aliphatic hydroxyl groups excluding tert-OH is 1. The van der Waals surface area contributed by atoms with Gasteiger partial charge >= 0.3 is 0 Å². The summed E-state index contributed by atoms with van der Waals surface area (Å²) in [5.74, 6) is -0.0616. The lowest BCUT2D eigenvalue weighted by Crippen LogP contribution is -2.42. The van der Waals surface area contributed by atoms with E-state index < -0.39 is 6.10 Å². The van der Waals surface area contributed by atoms with E-state index >= 15 is 0 Å². The number of aromatic nitrogens is 1. The molecular formula is C14H17N3O2. The Labute approximate surface area is 111 Å². The van der Waals surface area contributed by atoms with Crippen LogP contribution in [0.25, 0.3) is 10.9 Å². The third kappa shape index (κ3) is 2.29. The summed E-state index contributed by atoms with van der Waals surface area (Å²) in [6.45, 7) is 1.11. The molecule has 2 aromatic rings. The highest BCUT2D eigenvalue weighted by Crippen LogP contribution is 2.20. The smallest absolute Gasteiger partial charge is 0.270 e. The molecule has 5 nitrogen and oxygen atoms in total. The highest BCUT2D eigenvalue weighted by atomic mass is 16.3. The number of likely N-dealkylation sites (tertiary alicyclic amines) is 1. The number of carbonyl (C=O) groups excluding carboxylic acids is 1. The molecule has 1 aromatic heterocycles. The van der Waals surface area contributed by atoms with Gasteiger partial charge in [-0.3, -0.25) is 4.79 Å². The topological polar surface area (TPSA) is 82.4 Å². The fourth-order valence-corrected chi connectivity index (χ4v) is 2.58. The molecule has 1 aliphatic rings. The van der Waals surface area contributed by atoms with Crippen LogP contribution < -0.4 is 5.73 Å². The number of hydrogen-bond acceptors (Lipinski definition) is 3. The standard InChI is InChI=1S/C14H17N3O2/c15-10-3-4-12-9(6-10)7-13(16-12)14(19)17-5-1-2-11(18)8-17/h3-4,6-7,11,16,18H,1-2,5,8,15H2. The summed E-state index contributed by atoms with van der Waals surface area (Å²) in [6.07, 6.45) is 1.21. The zero-order chi connectivity index (χ0) is 13.4. The maximum absolute atomic E-state index is 12.4. The fraction of sp³-hybridized carbons (Fsp3) is 0.357. The number of benzene rings is 1. The molecule has 0 aliphatic carbocycles. The molecule has 100 valence electrons. The first-order chi connectivity index (χ1) is 9.13. The molecule has 0 radical (unpaired) electrons. The minimum atomic E-state index is -0.405. The number of H-pyrrole nitrogens is 1. The third-order valence-corrected chi connectivity index (χ3v) is 3.56. The van der Waals surface area contributed by atoms with Gasteiger partial charge in [-0.05, 0) is 37.1 Å². The molecule has 1 fully saturated rings. The van der Waals surface area contributed by atoms with Gasteiger partial charge in [0.2, 0.25) is 0 Å². The largest absolute Gasteiger partial charge is 0.399 e. The van der Waals surface area contributed by atoms with Crippen molar-refractivity contribution in [2.75, 3.05) is 18.8 Å². The van der Waals surface area contributed by atoms with Gasteiger partial charge in [0, 0.05) is 29.7 Å². The van der Waals surface area contributed by atoms with E-state index in [1.165, 1.54) is 0 Å². The fourth-order valence-electron chi connectivity index (χ4n) is 2.58. The van der Waals surface area contributed by atoms with Crippen LogP contribution >= 0.6 is 0 Å². The van der Waals surface area contributed by atoms with Crippen LogP contribution in [0.5, 0.6) is 0 Å². The van der Waals surface area contributed by atoms with Gasteiger partial charge in [0.25, 0.3) is 5.91 Å². The molecule has 4 N–H and O–H groups in total. The summed E-state index contributed by atoms with van der Waals surface area (Å²) in [6, 6.07) is 7.33. The molecule has 1 amide bonds. The summed E-state index contributed by atoms with van der Waals surface area (Å²) in [7, 11) is 0. The zero-order valence-electron chi connectivity index (χ0n) is 10.6. The summed E-state index contributed by atoms with van der Waals surface area (Å²) in [5, 5.41) is 10.6. The van der Waals surface area contributed by atoms with Crippen LogP contribution in [0, 0.1) is 0 Å². The number of amides is 1. The first-order valence-electron chi connectivity index (χ1n) is 6.49. The van der Waals surface area contributed by atoms with Crippen molar-refractivity contribution in [3.8, 4) is 0 Å². The van der Waals surface area contributed by atoms with Crippen molar-refractivity contribution in [1.29, 1.82) is 0 Å². The molecule has 1 unspecified atom stereocenters. The van der Waals surface area contributed by atoms with E-state index in [1.54, 1.807) is 11.0 Å². The van der Waals surface area contributed by atoms with Crippen LogP contribution in [0.4, 0.5) is 5.69 Å². The van der Waals surface area contributed by atoms with Gasteiger partial charge in [0.05, 0.1) is 6.10 Å². The number of nitrogen functional groups attached to an aromatic ring is 1. The number of β-amino-alcohol motifs (C(OH)–C–C–N with tert-alkyl or cyclic N) is 1. The van der Waals surface area contributed by atoms with Gasteiger partial charge in [-0.15, -0.1) is 0 Å². The van der Waals surface area contributed by atoms with Crippen LogP contribution in [-0.2, 0) is 0 Å². The summed E-state index contributed by atoms with van der Waals surface area (Å²) in [5.41, 5.74) is 7.86. The highest BCUT2D eigenvalue weighted by molar-refractivity contribution is 5.98. The van der Waals surface area contributed by atoms with Crippen LogP contribution in [0.15, 0.2) is 24.3 Å². The molecule has 2 heterocycles. The lowest BCUT2D eigenvalue weighted by molar-refractivity contribution is 0.0470. The van der Waals surface area contributed by atoms with Crippen LogP contribution in [0.1, 0.15) is 23.3 Å². The second-order valence-electron chi connectivity index (χ2n) is 5.08. The van der Waals surface area contributed by atoms with Crippen LogP contribution in [0.3, 0.4) is 0 Å². The van der Waals surface area contributed by atoms with Gasteiger partial charge in [0.15, 0.2) is 0 Å². The van der Waals surface area contributed by atoms with Crippen molar-refractivity contribution < 1.29 is 9.90 Å². The molecule has 3 rings (SSSR count). The van der Waals surface area contributed by atoms with E-state index in [0.717, 1.165) is 23.7 Å². The molecule has 1 aliphatic heterocycles. The number of nitrogens with one attached hydrogen (secondary N) is 1. The lowest BCUT2D eigenvalue weighted by Gasteiger charge is -2.29. The van der Waals surface area contributed by atoms with E-state index in [4.69, 9.17) is 5.73 Å². The Kier molecular flexibility index (Phi) is 2.91. The predicted molar refractivity (Wildman–Crippen MR) is 73.9 cm³/mol. The summed E-state index contributed by atoms with van der Waals surface area (Å²) >= 11 is 0. The van der Waals surface area contributed by atoms with Gasteiger partial charge in [-0.1, -0.05) is 0 Å². The number of nitrogens with zero attached hydrogens (tertiary/aromatic N) is 1. The summed E-state index contributed by atoms with van der Waals surface area (Å²) < 4.78 is 0. The van der Waals surface area contributed by atoms with Crippen molar-refractivity contribution in [3.05, 3.63) is 30.0 Å². The monoisotopic (exact) mass is 259 g/mol. The Hall–Kier alpha value is -2.01. The zero-order valence-corrected chi connectivity index (χ0v) is 10.6. The molecule has 1 aromatic carbocycles. The van der Waals surface area contributed by atoms with Gasteiger partial charge in [0.1, 0.15) is 5.69 Å². The number of rotatable bonds is 1. The molecule has 1 saturated heterocycles. The lowest BCUT2D eigenvalue weighted by atomic mass is 10.1. The first kappa shape index (κ1) is 12.0. The van der Waals surface area contributed by atoms with E-state index in [-0.39, 0.29) is 5.91 Å². The predicted octanol–water partition coefficient (Wildman–Crippen LogP) is 1.35. The van der Waals surface area contributed by atoms with Crippen LogP contribution in [-0.4, -0.2) is 40.1 Å². The number of anilines is 1. The Balaban J connectivity index is 1.88. The van der Waals surface area contributed by atoms with Crippen LogP contribution in [0.2, 0.25) is 0 Å². The van der Waals surface area contributed by atoms with E-state index in [9.17, 15) is 9.90 Å². The second kappa shape index (κ2) is 4.59. The Morgan fingerprint density at radius 3 is 3.05 bits per heavy atom. The Bertz CT molecular complexity index is 620. The average molecular weight is 259 g/mol. The minimum absolute atomic E-state index is 0.0616. The van der Waals surface area contributed by atoms with E-state index in [2.05, 4.69) is 4.98 Å².